The molecular weight excluding hydrogens is 128 g/mol. The van der Waals surface area contributed by atoms with Gasteiger partial charge in [0.05, 0.1) is 6.26 Å². The molecule has 0 aromatic rings. The Hall–Kier alpha value is -1.25. The summed E-state index contributed by atoms with van der Waals surface area (Å²) in [7, 11) is 0. The zero-order valence-corrected chi connectivity index (χ0v) is 5.40. The van der Waals surface area contributed by atoms with Crippen molar-refractivity contribution in [2.24, 2.45) is 4.99 Å². The van der Waals surface area contributed by atoms with Crippen molar-refractivity contribution in [3.05, 3.63) is 24.6 Å². The van der Waals surface area contributed by atoms with E-state index >= 15 is 0 Å². The van der Waals surface area contributed by atoms with Crippen LogP contribution in [0.1, 0.15) is 0 Å². The summed E-state index contributed by atoms with van der Waals surface area (Å²) in [5, 5.41) is 3.07. The second-order valence-corrected chi connectivity index (χ2v) is 2.20. The van der Waals surface area contributed by atoms with Crippen molar-refractivity contribution in [3.8, 4) is 0 Å². The molecule has 2 atom stereocenters. The summed E-state index contributed by atoms with van der Waals surface area (Å²) in [6.45, 7) is 0. The summed E-state index contributed by atoms with van der Waals surface area (Å²) in [4.78, 5) is 4.15. The van der Waals surface area contributed by atoms with Gasteiger partial charge in [-0.2, -0.15) is 0 Å². The number of fused-ring (bicyclic) bond motifs is 1. The van der Waals surface area contributed by atoms with Crippen molar-refractivity contribution in [1.29, 1.82) is 0 Å². The second-order valence-electron chi connectivity index (χ2n) is 2.20. The minimum absolute atomic E-state index is 0.0787. The molecule has 0 fully saturated rings. The van der Waals surface area contributed by atoms with Crippen molar-refractivity contribution in [3.63, 3.8) is 0 Å². The Morgan fingerprint density at radius 3 is 3.40 bits per heavy atom. The van der Waals surface area contributed by atoms with Gasteiger partial charge in [-0.15, -0.1) is 0 Å². The van der Waals surface area contributed by atoms with E-state index in [0.717, 1.165) is 0 Å². The van der Waals surface area contributed by atoms with E-state index in [0.29, 0.717) is 0 Å². The van der Waals surface area contributed by atoms with E-state index in [4.69, 9.17) is 4.74 Å². The monoisotopic (exact) mass is 136 g/mol. The van der Waals surface area contributed by atoms with Crippen LogP contribution in [0.25, 0.3) is 0 Å². The Bertz CT molecular complexity index is 186. The van der Waals surface area contributed by atoms with Crippen molar-refractivity contribution in [1.82, 2.24) is 5.32 Å². The highest BCUT2D eigenvalue weighted by Crippen LogP contribution is 2.10. The first kappa shape index (κ1) is 5.53. The third-order valence-corrected chi connectivity index (χ3v) is 1.52. The van der Waals surface area contributed by atoms with Crippen LogP contribution in [0.3, 0.4) is 0 Å². The van der Waals surface area contributed by atoms with Gasteiger partial charge in [-0.05, 0) is 12.2 Å². The third-order valence-electron chi connectivity index (χ3n) is 1.52. The molecular formula is C7H8N2O. The largest absolute Gasteiger partial charge is 0.488 e. The van der Waals surface area contributed by atoms with E-state index < -0.39 is 0 Å². The van der Waals surface area contributed by atoms with Gasteiger partial charge in [0.25, 0.3) is 0 Å². The van der Waals surface area contributed by atoms with Gasteiger partial charge in [0, 0.05) is 12.4 Å². The predicted molar refractivity (Wildman–Crippen MR) is 38.6 cm³/mol. The fourth-order valence-electron chi connectivity index (χ4n) is 1.02. The van der Waals surface area contributed by atoms with Gasteiger partial charge in [0.2, 0.25) is 0 Å². The van der Waals surface area contributed by atoms with E-state index in [1.54, 1.807) is 18.7 Å². The number of aliphatic imine (C=N–C) groups is 1. The maximum Gasteiger partial charge on any atom is 0.159 e. The molecule has 0 amide bonds. The van der Waals surface area contributed by atoms with Gasteiger partial charge in [-0.1, -0.05) is 0 Å². The highest BCUT2D eigenvalue weighted by atomic mass is 16.5. The lowest BCUT2D eigenvalue weighted by Crippen LogP contribution is -2.39. The standard InChI is InChI=1S/C7H8N2O/c1-2-6-7(8-3-1)9-4-5-10-6/h1-7,9H. The molecule has 2 unspecified atom stereocenters. The van der Waals surface area contributed by atoms with Crippen molar-refractivity contribution in [2.75, 3.05) is 0 Å². The average Bonchev–Trinajstić information content (AvgIpc) is 2.05. The average molecular weight is 136 g/mol. The molecule has 1 N–H and O–H groups in total. The van der Waals surface area contributed by atoms with Crippen LogP contribution in [-0.4, -0.2) is 18.5 Å². The molecule has 2 aliphatic heterocycles. The second kappa shape index (κ2) is 2.17. The van der Waals surface area contributed by atoms with Crippen molar-refractivity contribution < 1.29 is 4.74 Å². The quantitative estimate of drug-likeness (QED) is 0.523. The lowest BCUT2D eigenvalue weighted by atomic mass is 10.2. The van der Waals surface area contributed by atoms with Gasteiger partial charge in [0.15, 0.2) is 12.3 Å². The fraction of sp³-hybridized carbons (Fsp3) is 0.286. The Labute approximate surface area is 59.1 Å². The van der Waals surface area contributed by atoms with Crippen LogP contribution in [0.15, 0.2) is 29.6 Å². The first-order valence-corrected chi connectivity index (χ1v) is 3.23. The Morgan fingerprint density at radius 1 is 1.50 bits per heavy atom. The smallest absolute Gasteiger partial charge is 0.159 e. The van der Waals surface area contributed by atoms with Gasteiger partial charge in [0.1, 0.15) is 0 Å². The molecule has 3 heteroatoms. The Kier molecular flexibility index (Phi) is 1.20. The topological polar surface area (TPSA) is 33.6 Å². The number of hydrogen-bond donors (Lipinski definition) is 1. The highest BCUT2D eigenvalue weighted by Gasteiger charge is 2.20. The molecule has 0 spiro atoms. The maximum absolute atomic E-state index is 5.24. The normalized spacial score (nSPS) is 34.4. The molecule has 0 aromatic carbocycles. The van der Waals surface area contributed by atoms with E-state index in [-0.39, 0.29) is 12.3 Å². The van der Waals surface area contributed by atoms with E-state index in [1.165, 1.54) is 0 Å². The molecule has 52 valence electrons. The van der Waals surface area contributed by atoms with Gasteiger partial charge >= 0.3 is 0 Å². The summed E-state index contributed by atoms with van der Waals surface area (Å²) in [5.41, 5.74) is 0. The molecule has 3 nitrogen and oxygen atoms in total. The van der Waals surface area contributed by atoms with Crippen LogP contribution in [0.5, 0.6) is 0 Å². The molecule has 0 aliphatic carbocycles. The van der Waals surface area contributed by atoms with E-state index in [2.05, 4.69) is 10.3 Å². The van der Waals surface area contributed by atoms with Gasteiger partial charge < -0.3 is 10.1 Å². The van der Waals surface area contributed by atoms with Crippen LogP contribution >= 0.6 is 0 Å². The number of nitrogens with zero attached hydrogens (tertiary/aromatic N) is 1. The minimum atomic E-state index is 0.0787. The number of hydrogen-bond acceptors (Lipinski definition) is 3. The Balaban J connectivity index is 2.19. The van der Waals surface area contributed by atoms with E-state index in [9.17, 15) is 0 Å². The number of dihydropyridines is 1. The van der Waals surface area contributed by atoms with Crippen LogP contribution < -0.4 is 5.32 Å². The molecule has 2 aliphatic rings. The summed E-state index contributed by atoms with van der Waals surface area (Å²) >= 11 is 0. The minimum Gasteiger partial charge on any atom is -0.488 e. The van der Waals surface area contributed by atoms with Crippen LogP contribution in [0.4, 0.5) is 0 Å². The lowest BCUT2D eigenvalue weighted by Gasteiger charge is -2.26. The van der Waals surface area contributed by atoms with E-state index in [1.807, 2.05) is 12.2 Å². The number of rotatable bonds is 0. The molecule has 2 heterocycles. The SMILES string of the molecule is C1=CC2OC=CNC2N=C1. The summed E-state index contributed by atoms with van der Waals surface area (Å²) in [6.07, 6.45) is 9.21. The van der Waals surface area contributed by atoms with Gasteiger partial charge in [-0.25, -0.2) is 0 Å². The summed E-state index contributed by atoms with van der Waals surface area (Å²) < 4.78 is 5.24. The lowest BCUT2D eigenvalue weighted by molar-refractivity contribution is 0.134. The molecule has 0 saturated heterocycles. The Morgan fingerprint density at radius 2 is 2.50 bits per heavy atom. The van der Waals surface area contributed by atoms with Crippen LogP contribution in [0.2, 0.25) is 0 Å². The van der Waals surface area contributed by atoms with Crippen molar-refractivity contribution >= 4 is 6.21 Å². The van der Waals surface area contributed by atoms with Crippen LogP contribution in [0, 0.1) is 0 Å². The molecule has 0 saturated carbocycles. The zero-order chi connectivity index (χ0) is 6.81. The molecule has 0 aromatic heterocycles. The molecule has 0 radical (unpaired) electrons. The van der Waals surface area contributed by atoms with Crippen molar-refractivity contribution in [2.45, 2.75) is 12.3 Å². The first-order valence-electron chi connectivity index (χ1n) is 3.23. The number of allylic oxidation sites excluding steroid dienone is 1. The summed E-state index contributed by atoms with van der Waals surface area (Å²) in [5.74, 6) is 0. The molecule has 10 heavy (non-hydrogen) atoms. The number of nitrogens with one attached hydrogen (secondary N) is 1. The number of ether oxygens (including phenoxy) is 1. The maximum atomic E-state index is 5.24. The van der Waals surface area contributed by atoms with Crippen LogP contribution in [-0.2, 0) is 4.74 Å². The van der Waals surface area contributed by atoms with Gasteiger partial charge in [-0.3, -0.25) is 4.99 Å². The summed E-state index contributed by atoms with van der Waals surface area (Å²) in [6, 6.07) is 0. The first-order chi connectivity index (χ1) is 4.97. The highest BCUT2D eigenvalue weighted by molar-refractivity contribution is 5.72. The predicted octanol–water partition coefficient (Wildman–Crippen LogP) is 0.413. The zero-order valence-electron chi connectivity index (χ0n) is 5.40. The molecule has 0 bridgehead atoms. The fourth-order valence-corrected chi connectivity index (χ4v) is 1.02. The third kappa shape index (κ3) is 0.795. The molecule has 2 rings (SSSR count).